The lowest BCUT2D eigenvalue weighted by Gasteiger charge is -2.29. The van der Waals surface area contributed by atoms with Gasteiger partial charge in [-0.05, 0) is 48.1 Å². The molecule has 3 rings (SSSR count). The van der Waals surface area contributed by atoms with Crippen LogP contribution >= 0.6 is 11.6 Å². The number of methoxy groups -OCH3 is 1. The maximum atomic E-state index is 13.9. The minimum atomic E-state index is -0.357. The van der Waals surface area contributed by atoms with Gasteiger partial charge in [-0.15, -0.1) is 11.6 Å². The van der Waals surface area contributed by atoms with E-state index < -0.39 is 0 Å². The minimum Gasteiger partial charge on any atom is -0.494 e. The van der Waals surface area contributed by atoms with Gasteiger partial charge in [-0.3, -0.25) is 0 Å². The van der Waals surface area contributed by atoms with Crippen molar-refractivity contribution in [3.05, 3.63) is 65.0 Å². The van der Waals surface area contributed by atoms with Gasteiger partial charge in [0.2, 0.25) is 0 Å². The summed E-state index contributed by atoms with van der Waals surface area (Å²) >= 11 is 6.67. The summed E-state index contributed by atoms with van der Waals surface area (Å²) < 4.78 is 18.9. The van der Waals surface area contributed by atoms with Gasteiger partial charge in [0.25, 0.3) is 0 Å². The molecular weight excluding hydrogens is 287 g/mol. The van der Waals surface area contributed by atoms with E-state index in [0.717, 1.165) is 24.8 Å². The average Bonchev–Trinajstić information content (AvgIpc) is 2.53. The van der Waals surface area contributed by atoms with E-state index in [1.807, 2.05) is 6.07 Å². The molecule has 1 aliphatic rings. The first-order chi connectivity index (χ1) is 10.2. The van der Waals surface area contributed by atoms with Gasteiger partial charge in [0.1, 0.15) is 0 Å². The number of hydrogen-bond acceptors (Lipinski definition) is 1. The van der Waals surface area contributed by atoms with E-state index in [9.17, 15) is 4.39 Å². The molecule has 0 aromatic heterocycles. The Hall–Kier alpha value is -1.54. The van der Waals surface area contributed by atoms with Crippen molar-refractivity contribution in [3.63, 3.8) is 0 Å². The van der Waals surface area contributed by atoms with Crippen molar-refractivity contribution in [2.75, 3.05) is 7.11 Å². The first-order valence-corrected chi connectivity index (χ1v) is 7.69. The van der Waals surface area contributed by atoms with Crippen molar-refractivity contribution in [1.29, 1.82) is 0 Å². The number of aryl methyl sites for hydroxylation is 1. The summed E-state index contributed by atoms with van der Waals surface area (Å²) in [5.74, 6) is 0.140. The number of ether oxygens (including phenoxy) is 1. The van der Waals surface area contributed by atoms with Gasteiger partial charge in [-0.25, -0.2) is 4.39 Å². The zero-order valence-electron chi connectivity index (χ0n) is 12.0. The fraction of sp³-hybridized carbons (Fsp3) is 0.333. The van der Waals surface area contributed by atoms with Crippen molar-refractivity contribution in [3.8, 4) is 5.75 Å². The summed E-state index contributed by atoms with van der Waals surface area (Å²) in [6.07, 6.45) is 3.27. The largest absolute Gasteiger partial charge is 0.494 e. The quantitative estimate of drug-likeness (QED) is 0.705. The molecule has 2 unspecified atom stereocenters. The standard InChI is InChI=1S/C18H18ClFO/c1-21-17-10-9-13(11-16(17)20)18(19)15-8-4-6-12-5-2-3-7-14(12)15/h2-3,5,7,9-11,15,18H,4,6,8H2,1H3. The predicted molar refractivity (Wildman–Crippen MR) is 83.7 cm³/mol. The van der Waals surface area contributed by atoms with Crippen LogP contribution in [0.1, 0.15) is 40.8 Å². The fourth-order valence-electron chi connectivity index (χ4n) is 3.18. The van der Waals surface area contributed by atoms with Crippen LogP contribution in [0.3, 0.4) is 0 Å². The second-order valence-electron chi connectivity index (χ2n) is 5.49. The number of halogens is 2. The molecule has 0 saturated carbocycles. The highest BCUT2D eigenvalue weighted by atomic mass is 35.5. The molecule has 2 atom stereocenters. The van der Waals surface area contributed by atoms with Gasteiger partial charge in [-0.1, -0.05) is 30.3 Å². The SMILES string of the molecule is COc1ccc(C(Cl)C2CCCc3ccccc32)cc1F. The van der Waals surface area contributed by atoms with Crippen LogP contribution in [-0.2, 0) is 6.42 Å². The van der Waals surface area contributed by atoms with Gasteiger partial charge in [0, 0.05) is 5.92 Å². The molecule has 1 nitrogen and oxygen atoms in total. The normalized spacial score (nSPS) is 18.9. The third-order valence-electron chi connectivity index (χ3n) is 4.26. The molecule has 110 valence electrons. The predicted octanol–water partition coefficient (Wildman–Crippen LogP) is 5.23. The van der Waals surface area contributed by atoms with E-state index in [-0.39, 0.29) is 22.9 Å². The van der Waals surface area contributed by atoms with Crippen molar-refractivity contribution in [2.45, 2.75) is 30.6 Å². The van der Waals surface area contributed by atoms with E-state index in [4.69, 9.17) is 16.3 Å². The smallest absolute Gasteiger partial charge is 0.165 e. The highest BCUT2D eigenvalue weighted by molar-refractivity contribution is 6.21. The number of hydrogen-bond donors (Lipinski definition) is 0. The molecule has 0 fully saturated rings. The molecule has 0 bridgehead atoms. The molecule has 1 aliphatic carbocycles. The molecule has 0 heterocycles. The molecule has 21 heavy (non-hydrogen) atoms. The molecule has 0 spiro atoms. The summed E-state index contributed by atoms with van der Waals surface area (Å²) in [5.41, 5.74) is 3.49. The van der Waals surface area contributed by atoms with Crippen molar-refractivity contribution in [2.24, 2.45) is 0 Å². The first kappa shape index (κ1) is 14.4. The molecule has 0 N–H and O–H groups in total. The van der Waals surface area contributed by atoms with Crippen LogP contribution in [-0.4, -0.2) is 7.11 Å². The van der Waals surface area contributed by atoms with Crippen LogP contribution in [0.4, 0.5) is 4.39 Å². The van der Waals surface area contributed by atoms with E-state index in [1.165, 1.54) is 24.3 Å². The molecule has 2 aromatic carbocycles. The topological polar surface area (TPSA) is 9.23 Å². The van der Waals surface area contributed by atoms with Gasteiger partial charge >= 0.3 is 0 Å². The third kappa shape index (κ3) is 2.77. The van der Waals surface area contributed by atoms with Gasteiger partial charge in [0.15, 0.2) is 11.6 Å². The summed E-state index contributed by atoms with van der Waals surface area (Å²) in [6.45, 7) is 0. The third-order valence-corrected chi connectivity index (χ3v) is 4.82. The Morgan fingerprint density at radius 1 is 1.24 bits per heavy atom. The number of benzene rings is 2. The van der Waals surface area contributed by atoms with Crippen molar-refractivity contribution >= 4 is 11.6 Å². The lowest BCUT2D eigenvalue weighted by molar-refractivity contribution is 0.386. The molecule has 0 amide bonds. The Morgan fingerprint density at radius 2 is 2.05 bits per heavy atom. The maximum Gasteiger partial charge on any atom is 0.165 e. The van der Waals surface area contributed by atoms with Crippen LogP contribution < -0.4 is 4.74 Å². The summed E-state index contributed by atoms with van der Waals surface area (Å²) in [6, 6.07) is 13.4. The molecular formula is C18H18ClFO. The van der Waals surface area contributed by atoms with Crippen LogP contribution in [0.15, 0.2) is 42.5 Å². The number of fused-ring (bicyclic) bond motifs is 1. The van der Waals surface area contributed by atoms with Crippen molar-refractivity contribution in [1.82, 2.24) is 0 Å². The summed E-state index contributed by atoms with van der Waals surface area (Å²) in [7, 11) is 1.47. The maximum absolute atomic E-state index is 13.9. The molecule has 0 aliphatic heterocycles. The number of alkyl halides is 1. The fourth-order valence-corrected chi connectivity index (χ4v) is 3.58. The summed E-state index contributed by atoms with van der Waals surface area (Å²) in [5, 5.41) is -0.216. The average molecular weight is 305 g/mol. The Morgan fingerprint density at radius 3 is 2.81 bits per heavy atom. The Balaban J connectivity index is 1.92. The molecule has 3 heteroatoms. The Bertz CT molecular complexity index is 641. The monoisotopic (exact) mass is 304 g/mol. The van der Waals surface area contributed by atoms with Crippen LogP contribution in [0.5, 0.6) is 5.75 Å². The van der Waals surface area contributed by atoms with E-state index in [0.29, 0.717) is 0 Å². The minimum absolute atomic E-state index is 0.216. The molecule has 0 radical (unpaired) electrons. The van der Waals surface area contributed by atoms with Crippen LogP contribution in [0.25, 0.3) is 0 Å². The van der Waals surface area contributed by atoms with Crippen LogP contribution in [0.2, 0.25) is 0 Å². The van der Waals surface area contributed by atoms with E-state index in [1.54, 1.807) is 6.07 Å². The van der Waals surface area contributed by atoms with E-state index >= 15 is 0 Å². The summed E-state index contributed by atoms with van der Waals surface area (Å²) in [4.78, 5) is 0. The van der Waals surface area contributed by atoms with E-state index in [2.05, 4.69) is 24.3 Å². The van der Waals surface area contributed by atoms with Crippen molar-refractivity contribution < 1.29 is 9.13 Å². The Kier molecular flexibility index (Phi) is 4.16. The second-order valence-corrected chi connectivity index (χ2v) is 5.96. The highest BCUT2D eigenvalue weighted by Crippen LogP contribution is 2.44. The second kappa shape index (κ2) is 6.07. The van der Waals surface area contributed by atoms with Gasteiger partial charge in [0.05, 0.1) is 12.5 Å². The highest BCUT2D eigenvalue weighted by Gasteiger charge is 2.28. The van der Waals surface area contributed by atoms with Gasteiger partial charge in [-0.2, -0.15) is 0 Å². The molecule has 0 saturated heterocycles. The lowest BCUT2D eigenvalue weighted by Crippen LogP contribution is -2.14. The number of rotatable bonds is 3. The zero-order valence-corrected chi connectivity index (χ0v) is 12.7. The van der Waals surface area contributed by atoms with Crippen LogP contribution in [0, 0.1) is 5.82 Å². The van der Waals surface area contributed by atoms with Gasteiger partial charge < -0.3 is 4.74 Å². The lowest BCUT2D eigenvalue weighted by atomic mass is 9.79. The molecule has 2 aromatic rings. The Labute approximate surface area is 129 Å². The first-order valence-electron chi connectivity index (χ1n) is 7.26. The zero-order chi connectivity index (χ0) is 14.8.